The van der Waals surface area contributed by atoms with Crippen molar-refractivity contribution in [3.63, 3.8) is 0 Å². The van der Waals surface area contributed by atoms with Gasteiger partial charge in [-0.3, -0.25) is 14.4 Å². The first kappa shape index (κ1) is 31.5. The number of aromatic nitrogens is 2. The normalized spacial score (nSPS) is 11.8. The minimum atomic E-state index is -1.41. The van der Waals surface area contributed by atoms with E-state index in [0.29, 0.717) is 17.0 Å². The van der Waals surface area contributed by atoms with Gasteiger partial charge in [0.2, 0.25) is 11.8 Å². The van der Waals surface area contributed by atoms with Crippen LogP contribution in [0.3, 0.4) is 0 Å². The third-order valence-corrected chi connectivity index (χ3v) is 6.63. The number of allylic oxidation sites excluding steroid dienone is 1. The summed E-state index contributed by atoms with van der Waals surface area (Å²) in [5, 5.41) is 14.6. The number of pyridine rings is 1. The number of halogens is 2. The van der Waals surface area contributed by atoms with Crippen LogP contribution < -0.4 is 20.9 Å². The van der Waals surface area contributed by atoms with Crippen molar-refractivity contribution in [1.29, 1.82) is 0 Å². The molecule has 0 bridgehead atoms. The van der Waals surface area contributed by atoms with Crippen molar-refractivity contribution in [3.8, 4) is 5.75 Å². The molecule has 0 spiro atoms. The van der Waals surface area contributed by atoms with E-state index in [9.17, 15) is 33.1 Å². The second-order valence-corrected chi connectivity index (χ2v) is 10.1. The number of nitrogens with zero attached hydrogens (tertiary/aromatic N) is 2. The Morgan fingerprint density at radius 3 is 2.64 bits per heavy atom. The van der Waals surface area contributed by atoms with Crippen molar-refractivity contribution >= 4 is 34.5 Å². The third-order valence-electron chi connectivity index (χ3n) is 6.63. The van der Waals surface area contributed by atoms with E-state index >= 15 is 0 Å². The highest BCUT2D eigenvalue weighted by Gasteiger charge is 2.21. The number of hydrogen-bond acceptors (Lipinski definition) is 5. The van der Waals surface area contributed by atoms with Gasteiger partial charge in [0.25, 0.3) is 5.56 Å². The number of likely N-dealkylation sites (N-methyl/N-ethyl adjacent to an activating group) is 1. The molecule has 1 atom stereocenters. The van der Waals surface area contributed by atoms with Crippen LogP contribution >= 0.6 is 0 Å². The number of carbonyl (C=O) groups is 3. The van der Waals surface area contributed by atoms with E-state index in [1.54, 1.807) is 38.4 Å². The lowest BCUT2D eigenvalue weighted by molar-refractivity contribution is -0.123. The lowest BCUT2D eigenvalue weighted by atomic mass is 10.1. The number of amides is 3. The molecule has 1 unspecified atom stereocenters. The number of ether oxygens (including phenoxy) is 1. The molecular formula is C31H31F2N5O6. The van der Waals surface area contributed by atoms with E-state index in [1.807, 2.05) is 12.1 Å². The minimum Gasteiger partial charge on any atom is -0.487 e. The topological polar surface area (TPSA) is 146 Å². The summed E-state index contributed by atoms with van der Waals surface area (Å²) in [4.78, 5) is 53.7. The van der Waals surface area contributed by atoms with Crippen molar-refractivity contribution in [2.45, 2.75) is 32.0 Å². The largest absolute Gasteiger partial charge is 0.487 e. The molecule has 4 N–H and O–H groups in total. The smallest absolute Gasteiger partial charge is 0.405 e. The number of rotatable bonds is 12. The van der Waals surface area contributed by atoms with Gasteiger partial charge in [-0.15, -0.1) is 0 Å². The number of anilines is 1. The number of nitrogens with one attached hydrogen (secondary N) is 3. The molecule has 13 heteroatoms. The highest BCUT2D eigenvalue weighted by atomic mass is 19.1. The molecule has 2 heterocycles. The molecule has 0 saturated heterocycles. The highest BCUT2D eigenvalue weighted by Crippen LogP contribution is 2.27. The number of aromatic amines is 1. The quantitative estimate of drug-likeness (QED) is 0.177. The molecule has 0 saturated carbocycles. The van der Waals surface area contributed by atoms with Gasteiger partial charge in [-0.1, -0.05) is 18.2 Å². The maximum Gasteiger partial charge on any atom is 0.405 e. The van der Waals surface area contributed by atoms with Crippen LogP contribution in [0.5, 0.6) is 5.75 Å². The number of para-hydroxylation sites is 1. The van der Waals surface area contributed by atoms with Crippen molar-refractivity contribution in [3.05, 3.63) is 106 Å². The summed E-state index contributed by atoms with van der Waals surface area (Å²) in [5.41, 5.74) is 0.880. The van der Waals surface area contributed by atoms with Gasteiger partial charge in [-0.2, -0.15) is 0 Å². The molecule has 4 rings (SSSR count). The number of H-pyrrole nitrogens is 1. The second kappa shape index (κ2) is 14.1. The maximum absolute atomic E-state index is 14.1. The fourth-order valence-corrected chi connectivity index (χ4v) is 4.36. The van der Waals surface area contributed by atoms with Crippen LogP contribution in [0.2, 0.25) is 0 Å². The predicted octanol–water partition coefficient (Wildman–Crippen LogP) is 4.23. The van der Waals surface area contributed by atoms with Crippen LogP contribution in [0.15, 0.2) is 77.7 Å². The summed E-state index contributed by atoms with van der Waals surface area (Å²) in [5.74, 6) is -1.93. The van der Waals surface area contributed by atoms with Gasteiger partial charge in [0, 0.05) is 43.0 Å². The number of fused-ring (bicyclic) bond motifs is 1. The first-order valence-electron chi connectivity index (χ1n) is 13.6. The van der Waals surface area contributed by atoms with Gasteiger partial charge < -0.3 is 34.9 Å². The van der Waals surface area contributed by atoms with Crippen molar-refractivity contribution in [2.24, 2.45) is 0 Å². The molecule has 11 nitrogen and oxygen atoms in total. The molecular weight excluding hydrogens is 576 g/mol. The minimum absolute atomic E-state index is 0.0468. The molecule has 0 fully saturated rings. The second-order valence-electron chi connectivity index (χ2n) is 10.1. The Hall–Kier alpha value is -5.46. The SMILES string of the molecule is CN(C)C(=O)/C=C/CCC(NC(=O)O)C(=O)Nc1cccn(Cc2cc3cccc(OCc4ccc(F)cc4F)c3[nH]2)c1=O. The predicted molar refractivity (Wildman–Crippen MR) is 159 cm³/mol. The van der Waals surface area contributed by atoms with Crippen LogP contribution in [0, 0.1) is 11.6 Å². The molecule has 2 aromatic carbocycles. The van der Waals surface area contributed by atoms with Gasteiger partial charge in [-0.25, -0.2) is 13.6 Å². The zero-order valence-electron chi connectivity index (χ0n) is 24.0. The molecule has 44 heavy (non-hydrogen) atoms. The Morgan fingerprint density at radius 2 is 1.91 bits per heavy atom. The Balaban J connectivity index is 1.46. The maximum atomic E-state index is 14.1. The number of hydrogen-bond donors (Lipinski definition) is 4. The lowest BCUT2D eigenvalue weighted by Gasteiger charge is -2.16. The molecule has 0 radical (unpaired) electrons. The number of carbonyl (C=O) groups excluding carboxylic acids is 2. The van der Waals surface area contributed by atoms with E-state index in [-0.39, 0.29) is 43.2 Å². The summed E-state index contributed by atoms with van der Waals surface area (Å²) in [6, 6.07) is 12.2. The molecule has 3 amide bonds. The molecule has 0 aliphatic rings. The zero-order valence-corrected chi connectivity index (χ0v) is 24.0. The number of carboxylic acid groups (broad SMARTS) is 1. The van der Waals surface area contributed by atoms with Crippen LogP contribution in [-0.4, -0.2) is 57.6 Å². The van der Waals surface area contributed by atoms with Crippen molar-refractivity contribution in [1.82, 2.24) is 19.8 Å². The van der Waals surface area contributed by atoms with Crippen LogP contribution in [0.4, 0.5) is 19.3 Å². The average molecular weight is 608 g/mol. The van der Waals surface area contributed by atoms with Crippen LogP contribution in [-0.2, 0) is 22.7 Å². The standard InChI is InChI=1S/C31H31F2N5O6/c1-37(2)27(39)11-4-3-8-24(36-31(42)43)29(40)35-25-9-6-14-38(30(25)41)17-22-15-19-7-5-10-26(28(19)34-22)44-18-20-12-13-21(32)16-23(20)33/h4-7,9-16,24,34,36H,3,8,17-18H2,1-2H3,(H,35,40)(H,42,43)/b11-4+. The molecule has 2 aromatic heterocycles. The Kier molecular flexibility index (Phi) is 10.1. The Morgan fingerprint density at radius 1 is 1.11 bits per heavy atom. The molecule has 230 valence electrons. The van der Waals surface area contributed by atoms with E-state index in [1.165, 1.54) is 33.9 Å². The van der Waals surface area contributed by atoms with Gasteiger partial charge in [0.05, 0.1) is 12.1 Å². The van der Waals surface area contributed by atoms with Gasteiger partial charge >= 0.3 is 6.09 Å². The van der Waals surface area contributed by atoms with Crippen LogP contribution in [0.1, 0.15) is 24.1 Å². The van der Waals surface area contributed by atoms with Gasteiger partial charge in [-0.05, 0) is 55.3 Å². The van der Waals surface area contributed by atoms with Gasteiger partial charge in [0.1, 0.15) is 35.7 Å². The highest BCUT2D eigenvalue weighted by molar-refractivity contribution is 5.96. The Bertz CT molecular complexity index is 1760. The monoisotopic (exact) mass is 607 g/mol. The van der Waals surface area contributed by atoms with Crippen molar-refractivity contribution in [2.75, 3.05) is 19.4 Å². The summed E-state index contributed by atoms with van der Waals surface area (Å²) < 4.78 is 34.4. The fraction of sp³-hybridized carbons (Fsp3) is 0.226. The molecule has 0 aliphatic carbocycles. The third kappa shape index (κ3) is 8.09. The van der Waals surface area contributed by atoms with Crippen molar-refractivity contribution < 1.29 is 33.0 Å². The molecule has 4 aromatic rings. The van der Waals surface area contributed by atoms with E-state index < -0.39 is 35.2 Å². The fourth-order valence-electron chi connectivity index (χ4n) is 4.36. The number of benzene rings is 2. The summed E-state index contributed by atoms with van der Waals surface area (Å²) in [7, 11) is 3.18. The van der Waals surface area contributed by atoms with E-state index in [2.05, 4.69) is 15.6 Å². The average Bonchev–Trinajstić information content (AvgIpc) is 3.39. The summed E-state index contributed by atoms with van der Waals surface area (Å²) in [6.45, 7) is -0.0201. The van der Waals surface area contributed by atoms with E-state index in [4.69, 9.17) is 4.74 Å². The summed E-state index contributed by atoms with van der Waals surface area (Å²) in [6.07, 6.45) is 3.30. The van der Waals surface area contributed by atoms with E-state index in [0.717, 1.165) is 17.5 Å². The lowest BCUT2D eigenvalue weighted by Crippen LogP contribution is -2.44. The zero-order chi connectivity index (χ0) is 31.8. The van der Waals surface area contributed by atoms with Crippen LogP contribution in [0.25, 0.3) is 10.9 Å². The first-order chi connectivity index (χ1) is 21.0. The Labute approximate surface area is 250 Å². The van der Waals surface area contributed by atoms with Gasteiger partial charge in [0.15, 0.2) is 0 Å². The summed E-state index contributed by atoms with van der Waals surface area (Å²) >= 11 is 0. The first-order valence-corrected chi connectivity index (χ1v) is 13.6. The molecule has 0 aliphatic heterocycles.